The largest absolute Gasteiger partial charge is 0.361 e. The molecular weight excluding hydrogens is 240 g/mol. The highest BCUT2D eigenvalue weighted by Crippen LogP contribution is 2.48. The molecule has 0 aliphatic heterocycles. The minimum Gasteiger partial charge on any atom is -0.361 e. The first-order chi connectivity index (χ1) is 9.18. The van der Waals surface area contributed by atoms with Crippen LogP contribution in [0, 0.1) is 5.92 Å². The smallest absolute Gasteiger partial charge is 0.165 e. The molecule has 2 aliphatic carbocycles. The highest BCUT2D eigenvalue weighted by atomic mass is 15.2. The topological polar surface area (TPSA) is 81.7 Å². The molecular formula is C13H18N6. The van der Waals surface area contributed by atoms with Crippen molar-refractivity contribution in [1.82, 2.24) is 19.5 Å². The van der Waals surface area contributed by atoms with Crippen LogP contribution in [0.4, 0.5) is 5.82 Å². The number of aromatic nitrogens is 4. The summed E-state index contributed by atoms with van der Waals surface area (Å²) in [7, 11) is 1.94. The van der Waals surface area contributed by atoms with Crippen LogP contribution in [0.25, 0.3) is 11.2 Å². The number of hydrogen-bond acceptors (Lipinski definition) is 5. The molecule has 2 aromatic rings. The fourth-order valence-corrected chi connectivity index (χ4v) is 3.78. The number of hydrogen-bond donors (Lipinski definition) is 2. The molecule has 19 heavy (non-hydrogen) atoms. The zero-order valence-electron chi connectivity index (χ0n) is 11.0. The molecule has 2 saturated carbocycles. The Balaban J connectivity index is 1.76. The number of aryl methyl sites for hydroxylation is 1. The Morgan fingerprint density at radius 2 is 2.32 bits per heavy atom. The Morgan fingerprint density at radius 1 is 1.42 bits per heavy atom. The quantitative estimate of drug-likeness (QED) is 0.841. The minimum atomic E-state index is 0.0173. The maximum atomic E-state index is 6.32. The lowest BCUT2D eigenvalue weighted by molar-refractivity contribution is 0.386. The van der Waals surface area contributed by atoms with E-state index in [1.54, 1.807) is 12.7 Å². The molecule has 100 valence electrons. The fourth-order valence-electron chi connectivity index (χ4n) is 3.78. The van der Waals surface area contributed by atoms with E-state index in [1.807, 2.05) is 11.6 Å². The van der Waals surface area contributed by atoms with Gasteiger partial charge in [-0.25, -0.2) is 15.0 Å². The van der Waals surface area contributed by atoms with Crippen LogP contribution in [-0.4, -0.2) is 31.1 Å². The maximum absolute atomic E-state index is 6.32. The lowest BCUT2D eigenvalue weighted by Crippen LogP contribution is -2.49. The maximum Gasteiger partial charge on any atom is 0.165 e. The van der Waals surface area contributed by atoms with Gasteiger partial charge in [-0.05, 0) is 31.6 Å². The lowest BCUT2D eigenvalue weighted by atomic mass is 9.89. The summed E-state index contributed by atoms with van der Waals surface area (Å²) in [6.07, 6.45) is 8.06. The van der Waals surface area contributed by atoms with E-state index in [2.05, 4.69) is 20.3 Å². The molecule has 6 heteroatoms. The summed E-state index contributed by atoms with van der Waals surface area (Å²) in [6, 6.07) is 0.222. The van der Waals surface area contributed by atoms with E-state index in [-0.39, 0.29) is 11.6 Å². The second kappa shape index (κ2) is 3.66. The Morgan fingerprint density at radius 3 is 3.05 bits per heavy atom. The van der Waals surface area contributed by atoms with Crippen LogP contribution in [0.5, 0.6) is 0 Å². The SMILES string of the molecule is Cn1cnc2c(NC34CCC(CC3N)C4)ncnc21. The van der Waals surface area contributed by atoms with Crippen LogP contribution < -0.4 is 11.1 Å². The van der Waals surface area contributed by atoms with Gasteiger partial charge in [0.1, 0.15) is 11.8 Å². The summed E-state index contributed by atoms with van der Waals surface area (Å²) in [6.45, 7) is 0. The van der Waals surface area contributed by atoms with E-state index < -0.39 is 0 Å². The number of nitrogens with zero attached hydrogens (tertiary/aromatic N) is 4. The average molecular weight is 258 g/mol. The average Bonchev–Trinajstić information content (AvgIpc) is 3.04. The van der Waals surface area contributed by atoms with Crippen LogP contribution >= 0.6 is 0 Å². The first-order valence-corrected chi connectivity index (χ1v) is 6.84. The Kier molecular flexibility index (Phi) is 2.15. The summed E-state index contributed by atoms with van der Waals surface area (Å²) < 4.78 is 1.91. The van der Waals surface area contributed by atoms with Crippen LogP contribution in [-0.2, 0) is 7.05 Å². The van der Waals surface area contributed by atoms with Crippen molar-refractivity contribution in [2.45, 2.75) is 37.3 Å². The van der Waals surface area contributed by atoms with Crippen LogP contribution in [0.1, 0.15) is 25.7 Å². The van der Waals surface area contributed by atoms with E-state index in [9.17, 15) is 0 Å². The summed E-state index contributed by atoms with van der Waals surface area (Å²) >= 11 is 0. The first-order valence-electron chi connectivity index (χ1n) is 6.84. The second-order valence-corrected chi connectivity index (χ2v) is 5.98. The van der Waals surface area contributed by atoms with E-state index in [0.717, 1.165) is 42.2 Å². The van der Waals surface area contributed by atoms with Gasteiger partial charge in [-0.3, -0.25) is 0 Å². The molecule has 6 nitrogen and oxygen atoms in total. The van der Waals surface area contributed by atoms with Gasteiger partial charge in [0.2, 0.25) is 0 Å². The molecule has 0 spiro atoms. The summed E-state index contributed by atoms with van der Waals surface area (Å²) in [5.41, 5.74) is 8.03. The van der Waals surface area contributed by atoms with Crippen molar-refractivity contribution in [2.75, 3.05) is 5.32 Å². The Bertz CT molecular complexity index is 635. The number of nitrogens with one attached hydrogen (secondary N) is 1. The second-order valence-electron chi connectivity index (χ2n) is 5.98. The van der Waals surface area contributed by atoms with Gasteiger partial charge in [-0.1, -0.05) is 0 Å². The van der Waals surface area contributed by atoms with Crippen molar-refractivity contribution < 1.29 is 0 Å². The molecule has 2 aliphatic rings. The van der Waals surface area contributed by atoms with Crippen molar-refractivity contribution in [1.29, 1.82) is 0 Å². The molecule has 2 heterocycles. The zero-order chi connectivity index (χ0) is 13.0. The zero-order valence-corrected chi connectivity index (χ0v) is 11.0. The van der Waals surface area contributed by atoms with Crippen molar-refractivity contribution in [2.24, 2.45) is 18.7 Å². The van der Waals surface area contributed by atoms with Crippen LogP contribution in [0.15, 0.2) is 12.7 Å². The number of anilines is 1. The normalized spacial score (nSPS) is 33.2. The van der Waals surface area contributed by atoms with Gasteiger partial charge < -0.3 is 15.6 Å². The van der Waals surface area contributed by atoms with Crippen molar-refractivity contribution in [3.05, 3.63) is 12.7 Å². The minimum absolute atomic E-state index is 0.0173. The molecule has 2 bridgehead atoms. The highest BCUT2D eigenvalue weighted by Gasteiger charge is 2.50. The fraction of sp³-hybridized carbons (Fsp3) is 0.615. The molecule has 3 unspecified atom stereocenters. The van der Waals surface area contributed by atoms with Crippen molar-refractivity contribution in [3.63, 3.8) is 0 Å². The molecule has 4 rings (SSSR count). The number of fused-ring (bicyclic) bond motifs is 3. The van der Waals surface area contributed by atoms with Gasteiger partial charge in [0.15, 0.2) is 11.5 Å². The van der Waals surface area contributed by atoms with E-state index in [1.165, 1.54) is 6.42 Å². The Hall–Kier alpha value is -1.69. The first kappa shape index (κ1) is 11.2. The molecule has 0 saturated heterocycles. The van der Waals surface area contributed by atoms with Crippen LogP contribution in [0.2, 0.25) is 0 Å². The summed E-state index contributed by atoms with van der Waals surface area (Å²) in [5.74, 6) is 1.60. The molecule has 0 aromatic carbocycles. The van der Waals surface area contributed by atoms with E-state index in [0.29, 0.717) is 0 Å². The molecule has 2 aromatic heterocycles. The van der Waals surface area contributed by atoms with Gasteiger partial charge in [0, 0.05) is 13.1 Å². The molecule has 3 atom stereocenters. The third-order valence-electron chi connectivity index (χ3n) is 4.81. The predicted molar refractivity (Wildman–Crippen MR) is 72.6 cm³/mol. The summed E-state index contributed by atoms with van der Waals surface area (Å²) in [5, 5.41) is 3.60. The third-order valence-corrected chi connectivity index (χ3v) is 4.81. The number of nitrogens with two attached hydrogens (primary N) is 1. The third kappa shape index (κ3) is 1.49. The standard InChI is InChI=1S/C13H18N6/c1-19-7-17-10-11(15-6-16-12(10)19)18-13-3-2-8(5-13)4-9(13)14/h6-9H,2-5,14H2,1H3,(H,15,16,18). The van der Waals surface area contributed by atoms with Crippen molar-refractivity contribution in [3.8, 4) is 0 Å². The van der Waals surface area contributed by atoms with Gasteiger partial charge in [-0.15, -0.1) is 0 Å². The highest BCUT2D eigenvalue weighted by molar-refractivity contribution is 5.83. The van der Waals surface area contributed by atoms with E-state index in [4.69, 9.17) is 5.73 Å². The molecule has 3 N–H and O–H groups in total. The molecule has 0 radical (unpaired) electrons. The predicted octanol–water partition coefficient (Wildman–Crippen LogP) is 1.05. The van der Waals surface area contributed by atoms with Gasteiger partial charge in [0.05, 0.1) is 11.9 Å². The summed E-state index contributed by atoms with van der Waals surface area (Å²) in [4.78, 5) is 13.0. The van der Waals surface area contributed by atoms with Crippen molar-refractivity contribution >= 4 is 17.0 Å². The molecule has 0 amide bonds. The van der Waals surface area contributed by atoms with Gasteiger partial charge >= 0.3 is 0 Å². The molecule has 2 fully saturated rings. The lowest BCUT2D eigenvalue weighted by Gasteiger charge is -2.34. The van der Waals surface area contributed by atoms with Gasteiger partial charge in [-0.2, -0.15) is 0 Å². The Labute approximate surface area is 111 Å². The monoisotopic (exact) mass is 258 g/mol. The van der Waals surface area contributed by atoms with Gasteiger partial charge in [0.25, 0.3) is 0 Å². The van der Waals surface area contributed by atoms with Crippen LogP contribution in [0.3, 0.4) is 0 Å². The van der Waals surface area contributed by atoms with E-state index >= 15 is 0 Å². The number of imidazole rings is 1. The number of rotatable bonds is 2.